The molecule has 0 aromatic heterocycles. The van der Waals surface area contributed by atoms with Crippen molar-refractivity contribution in [1.29, 1.82) is 0 Å². The van der Waals surface area contributed by atoms with Crippen molar-refractivity contribution in [2.24, 2.45) is 0 Å². The van der Waals surface area contributed by atoms with Gasteiger partial charge < -0.3 is 10.1 Å². The van der Waals surface area contributed by atoms with Crippen LogP contribution in [0.15, 0.2) is 18.2 Å². The fourth-order valence-corrected chi connectivity index (χ4v) is 2.77. The van der Waals surface area contributed by atoms with Gasteiger partial charge in [0.25, 0.3) is 0 Å². The highest BCUT2D eigenvalue weighted by Crippen LogP contribution is 2.19. The predicted molar refractivity (Wildman–Crippen MR) is 87.2 cm³/mol. The van der Waals surface area contributed by atoms with Crippen LogP contribution in [0.5, 0.6) is 5.75 Å². The lowest BCUT2D eigenvalue weighted by atomic mass is 10.1. The first-order chi connectivity index (χ1) is 9.04. The van der Waals surface area contributed by atoms with Gasteiger partial charge in [0, 0.05) is 31.7 Å². The molecule has 0 radical (unpaired) electrons. The molecule has 0 amide bonds. The largest absolute Gasteiger partial charge is 0.492 e. The minimum absolute atomic E-state index is 0. The number of benzene rings is 1. The van der Waals surface area contributed by atoms with Gasteiger partial charge in [0.15, 0.2) is 0 Å². The van der Waals surface area contributed by atoms with Gasteiger partial charge in [0.2, 0.25) is 0 Å². The maximum Gasteiger partial charge on any atom is 0.122 e. The summed E-state index contributed by atoms with van der Waals surface area (Å²) in [7, 11) is 0. The number of piperazine rings is 1. The maximum absolute atomic E-state index is 5.93. The summed E-state index contributed by atoms with van der Waals surface area (Å²) in [5, 5.41) is 3.55. The third kappa shape index (κ3) is 4.97. The van der Waals surface area contributed by atoms with E-state index in [1.54, 1.807) is 0 Å². The van der Waals surface area contributed by atoms with Gasteiger partial charge in [-0.25, -0.2) is 0 Å². The number of aryl methyl sites for hydroxylation is 2. The summed E-state index contributed by atoms with van der Waals surface area (Å²) >= 11 is 0. The highest BCUT2D eigenvalue weighted by atomic mass is 35.5. The predicted octanol–water partition coefficient (Wildman–Crippen LogP) is 2.79. The van der Waals surface area contributed by atoms with Crippen LogP contribution in [-0.4, -0.2) is 43.2 Å². The van der Waals surface area contributed by atoms with Crippen LogP contribution in [-0.2, 0) is 0 Å². The first-order valence-corrected chi connectivity index (χ1v) is 7.23. The van der Waals surface area contributed by atoms with Crippen molar-refractivity contribution >= 4 is 12.4 Å². The zero-order valence-corrected chi connectivity index (χ0v) is 13.8. The van der Waals surface area contributed by atoms with Gasteiger partial charge in [0.05, 0.1) is 0 Å². The van der Waals surface area contributed by atoms with Gasteiger partial charge >= 0.3 is 0 Å². The van der Waals surface area contributed by atoms with Crippen LogP contribution < -0.4 is 10.1 Å². The van der Waals surface area contributed by atoms with E-state index in [2.05, 4.69) is 56.1 Å². The zero-order valence-electron chi connectivity index (χ0n) is 13.0. The Kier molecular flexibility index (Phi) is 6.80. The van der Waals surface area contributed by atoms with E-state index in [9.17, 15) is 0 Å². The molecule has 1 heterocycles. The third-order valence-electron chi connectivity index (χ3n) is 3.64. The second-order valence-electron chi connectivity index (χ2n) is 5.85. The van der Waals surface area contributed by atoms with Crippen LogP contribution in [0.25, 0.3) is 0 Å². The van der Waals surface area contributed by atoms with Crippen molar-refractivity contribution in [2.75, 3.05) is 26.2 Å². The highest BCUT2D eigenvalue weighted by molar-refractivity contribution is 5.85. The zero-order chi connectivity index (χ0) is 13.8. The van der Waals surface area contributed by atoms with Gasteiger partial charge in [-0.2, -0.15) is 0 Å². The minimum Gasteiger partial charge on any atom is -0.492 e. The summed E-state index contributed by atoms with van der Waals surface area (Å²) in [6.07, 6.45) is 0. The van der Waals surface area contributed by atoms with Gasteiger partial charge in [-0.15, -0.1) is 12.4 Å². The molecule has 0 aliphatic carbocycles. The van der Waals surface area contributed by atoms with E-state index in [0.29, 0.717) is 12.1 Å². The standard InChI is InChI=1S/C16H26N2O.ClH/c1-12-5-6-13(2)16(9-12)19-8-7-18-10-14(3)17-15(4)11-18;/h5-6,9,14-15,17H,7-8,10-11H2,1-4H3;1H. The smallest absolute Gasteiger partial charge is 0.122 e. The normalized spacial score (nSPS) is 23.2. The second kappa shape index (κ2) is 7.87. The molecule has 1 saturated heterocycles. The van der Waals surface area contributed by atoms with E-state index in [0.717, 1.165) is 32.0 Å². The molecule has 0 spiro atoms. The van der Waals surface area contributed by atoms with Crippen LogP contribution in [0.2, 0.25) is 0 Å². The quantitative estimate of drug-likeness (QED) is 0.925. The third-order valence-corrected chi connectivity index (χ3v) is 3.64. The molecular weight excluding hydrogens is 272 g/mol. The first-order valence-electron chi connectivity index (χ1n) is 7.23. The molecule has 2 atom stereocenters. The molecule has 20 heavy (non-hydrogen) atoms. The Morgan fingerprint density at radius 3 is 2.50 bits per heavy atom. The molecule has 1 aromatic carbocycles. The number of rotatable bonds is 4. The Labute approximate surface area is 129 Å². The van der Waals surface area contributed by atoms with Gasteiger partial charge in [-0.3, -0.25) is 4.90 Å². The van der Waals surface area contributed by atoms with Crippen molar-refractivity contribution in [1.82, 2.24) is 10.2 Å². The van der Waals surface area contributed by atoms with Crippen LogP contribution in [0.3, 0.4) is 0 Å². The van der Waals surface area contributed by atoms with Crippen LogP contribution >= 0.6 is 12.4 Å². The topological polar surface area (TPSA) is 24.5 Å². The molecule has 1 aliphatic rings. The van der Waals surface area contributed by atoms with Gasteiger partial charge in [-0.1, -0.05) is 12.1 Å². The fourth-order valence-electron chi connectivity index (χ4n) is 2.77. The molecule has 1 aliphatic heterocycles. The molecule has 114 valence electrons. The Hall–Kier alpha value is -0.770. The van der Waals surface area contributed by atoms with Crippen molar-refractivity contribution in [3.05, 3.63) is 29.3 Å². The van der Waals surface area contributed by atoms with E-state index in [-0.39, 0.29) is 12.4 Å². The minimum atomic E-state index is 0. The lowest BCUT2D eigenvalue weighted by Gasteiger charge is -2.36. The van der Waals surface area contributed by atoms with Crippen molar-refractivity contribution < 1.29 is 4.74 Å². The fraction of sp³-hybridized carbons (Fsp3) is 0.625. The highest BCUT2D eigenvalue weighted by Gasteiger charge is 2.20. The van der Waals surface area contributed by atoms with Crippen molar-refractivity contribution in [2.45, 2.75) is 39.8 Å². The molecule has 3 nitrogen and oxygen atoms in total. The Bertz CT molecular complexity index is 415. The molecule has 2 unspecified atom stereocenters. The Morgan fingerprint density at radius 2 is 1.85 bits per heavy atom. The summed E-state index contributed by atoms with van der Waals surface area (Å²) in [6, 6.07) is 7.52. The molecule has 4 heteroatoms. The monoisotopic (exact) mass is 298 g/mol. The summed E-state index contributed by atoms with van der Waals surface area (Å²) in [5.41, 5.74) is 2.47. The van der Waals surface area contributed by atoms with E-state index in [1.165, 1.54) is 11.1 Å². The van der Waals surface area contributed by atoms with Crippen LogP contribution in [0.1, 0.15) is 25.0 Å². The van der Waals surface area contributed by atoms with Gasteiger partial charge in [-0.05, 0) is 44.9 Å². The van der Waals surface area contributed by atoms with Gasteiger partial charge in [0.1, 0.15) is 12.4 Å². The summed E-state index contributed by atoms with van der Waals surface area (Å²) < 4.78 is 5.93. The average Bonchev–Trinajstić information content (AvgIpc) is 2.32. The summed E-state index contributed by atoms with van der Waals surface area (Å²) in [4.78, 5) is 2.48. The van der Waals surface area contributed by atoms with Crippen LogP contribution in [0, 0.1) is 13.8 Å². The second-order valence-corrected chi connectivity index (χ2v) is 5.85. The van der Waals surface area contributed by atoms with E-state index in [1.807, 2.05) is 0 Å². The molecule has 1 fully saturated rings. The van der Waals surface area contributed by atoms with Crippen molar-refractivity contribution in [3.8, 4) is 5.75 Å². The average molecular weight is 299 g/mol. The number of ether oxygens (including phenoxy) is 1. The first kappa shape index (κ1) is 17.3. The number of halogens is 1. The van der Waals surface area contributed by atoms with Crippen molar-refractivity contribution in [3.63, 3.8) is 0 Å². The molecule has 1 aromatic rings. The summed E-state index contributed by atoms with van der Waals surface area (Å²) in [5.74, 6) is 1.02. The number of hydrogen-bond donors (Lipinski definition) is 1. The molecule has 0 saturated carbocycles. The van der Waals surface area contributed by atoms with Crippen LogP contribution in [0.4, 0.5) is 0 Å². The molecular formula is C16H27ClN2O. The van der Waals surface area contributed by atoms with E-state index >= 15 is 0 Å². The lowest BCUT2D eigenvalue weighted by Crippen LogP contribution is -2.54. The number of hydrogen-bond acceptors (Lipinski definition) is 3. The molecule has 1 N–H and O–H groups in total. The lowest BCUT2D eigenvalue weighted by molar-refractivity contribution is 0.146. The Morgan fingerprint density at radius 1 is 1.20 bits per heavy atom. The molecule has 2 rings (SSSR count). The Balaban J connectivity index is 0.00000200. The molecule has 0 bridgehead atoms. The number of nitrogens with one attached hydrogen (secondary N) is 1. The van der Waals surface area contributed by atoms with E-state index in [4.69, 9.17) is 4.74 Å². The maximum atomic E-state index is 5.93. The SMILES string of the molecule is Cc1ccc(C)c(OCCN2CC(C)NC(C)C2)c1.Cl. The van der Waals surface area contributed by atoms with E-state index < -0.39 is 0 Å². The summed E-state index contributed by atoms with van der Waals surface area (Å²) in [6.45, 7) is 12.7. The number of nitrogens with zero attached hydrogens (tertiary/aromatic N) is 1.